The van der Waals surface area contributed by atoms with Gasteiger partial charge in [0.2, 0.25) is 11.8 Å². The van der Waals surface area contributed by atoms with E-state index in [2.05, 4.69) is 10.2 Å². The molecule has 0 aromatic heterocycles. The van der Waals surface area contributed by atoms with Crippen molar-refractivity contribution in [3.05, 3.63) is 29.8 Å². The van der Waals surface area contributed by atoms with Crippen LogP contribution in [-0.2, 0) is 9.59 Å². The van der Waals surface area contributed by atoms with Gasteiger partial charge in [0.25, 0.3) is 0 Å². The number of carbonyl (C=O) groups is 3. The number of piperazine rings is 1. The Hall–Kier alpha value is -2.37. The Kier molecular flexibility index (Phi) is 6.17. The highest BCUT2D eigenvalue weighted by Crippen LogP contribution is 2.18. The minimum atomic E-state index is -0.473. The molecule has 1 atom stereocenters. The first kappa shape index (κ1) is 19.0. The first-order valence-corrected chi connectivity index (χ1v) is 8.71. The van der Waals surface area contributed by atoms with Gasteiger partial charge in [0.15, 0.2) is 5.78 Å². The van der Waals surface area contributed by atoms with Crippen molar-refractivity contribution < 1.29 is 14.4 Å². The lowest BCUT2D eigenvalue weighted by Gasteiger charge is -2.38. The summed E-state index contributed by atoms with van der Waals surface area (Å²) in [5, 5.41) is 2.76. The summed E-state index contributed by atoms with van der Waals surface area (Å²) < 4.78 is 0. The Morgan fingerprint density at radius 2 is 1.52 bits per heavy atom. The molecule has 6 nitrogen and oxygen atoms in total. The van der Waals surface area contributed by atoms with Crippen LogP contribution in [0.1, 0.15) is 38.1 Å². The van der Waals surface area contributed by atoms with E-state index in [9.17, 15) is 14.4 Å². The molecular weight excluding hydrogens is 318 g/mol. The maximum Gasteiger partial charge on any atom is 0.245 e. The molecule has 2 amide bonds. The van der Waals surface area contributed by atoms with Gasteiger partial charge in [0, 0.05) is 44.4 Å². The van der Waals surface area contributed by atoms with Gasteiger partial charge in [-0.15, -0.1) is 0 Å². The molecule has 25 heavy (non-hydrogen) atoms. The van der Waals surface area contributed by atoms with Gasteiger partial charge in [-0.3, -0.25) is 14.4 Å². The predicted molar refractivity (Wildman–Crippen MR) is 97.7 cm³/mol. The molecule has 1 saturated heterocycles. The lowest BCUT2D eigenvalue weighted by atomic mass is 10.0. The molecule has 2 rings (SSSR count). The zero-order valence-electron chi connectivity index (χ0n) is 15.4. The van der Waals surface area contributed by atoms with E-state index >= 15 is 0 Å². The molecule has 1 heterocycles. The van der Waals surface area contributed by atoms with E-state index in [-0.39, 0.29) is 23.5 Å². The van der Waals surface area contributed by atoms with E-state index < -0.39 is 6.04 Å². The number of hydrogen-bond acceptors (Lipinski definition) is 4. The number of anilines is 1. The Labute approximate surface area is 149 Å². The van der Waals surface area contributed by atoms with Crippen LogP contribution in [0.25, 0.3) is 0 Å². The van der Waals surface area contributed by atoms with Gasteiger partial charge >= 0.3 is 0 Å². The van der Waals surface area contributed by atoms with Crippen LogP contribution in [0.2, 0.25) is 0 Å². The number of nitrogens with zero attached hydrogens (tertiary/aromatic N) is 2. The quantitative estimate of drug-likeness (QED) is 0.825. The maximum atomic E-state index is 12.7. The van der Waals surface area contributed by atoms with Crippen LogP contribution in [0.3, 0.4) is 0 Å². The zero-order chi connectivity index (χ0) is 18.6. The van der Waals surface area contributed by atoms with E-state index in [0.29, 0.717) is 18.7 Å². The van der Waals surface area contributed by atoms with Gasteiger partial charge in [-0.2, -0.15) is 0 Å². The summed E-state index contributed by atoms with van der Waals surface area (Å²) in [5.74, 6) is -0.0961. The number of amides is 2. The molecule has 1 aromatic rings. The molecule has 0 unspecified atom stereocenters. The lowest BCUT2D eigenvalue weighted by Crippen LogP contribution is -2.56. The van der Waals surface area contributed by atoms with Crippen LogP contribution in [0.4, 0.5) is 5.69 Å². The van der Waals surface area contributed by atoms with Crippen LogP contribution in [0, 0.1) is 5.92 Å². The molecule has 0 radical (unpaired) electrons. The van der Waals surface area contributed by atoms with E-state index in [1.54, 1.807) is 6.92 Å². The minimum absolute atomic E-state index is 0.0169. The molecule has 0 spiro atoms. The number of hydrogen-bond donors (Lipinski definition) is 1. The normalized spacial score (nSPS) is 15.9. The molecule has 1 N–H and O–H groups in total. The van der Waals surface area contributed by atoms with Gasteiger partial charge in [0.05, 0.1) is 0 Å². The summed E-state index contributed by atoms with van der Waals surface area (Å²) in [6.45, 7) is 9.57. The average Bonchev–Trinajstić information content (AvgIpc) is 2.59. The third-order valence-electron chi connectivity index (χ3n) is 4.52. The molecule has 6 heteroatoms. The highest BCUT2D eigenvalue weighted by molar-refractivity contribution is 5.94. The lowest BCUT2D eigenvalue weighted by molar-refractivity contribution is -0.137. The van der Waals surface area contributed by atoms with Crippen molar-refractivity contribution in [3.8, 4) is 0 Å². The first-order chi connectivity index (χ1) is 11.8. The molecule has 1 aliphatic rings. The van der Waals surface area contributed by atoms with Crippen LogP contribution in [-0.4, -0.2) is 54.7 Å². The second-order valence-electron chi connectivity index (χ2n) is 6.84. The van der Waals surface area contributed by atoms with Gasteiger partial charge in [0.1, 0.15) is 6.04 Å². The highest BCUT2D eigenvalue weighted by atomic mass is 16.2. The van der Waals surface area contributed by atoms with E-state index in [0.717, 1.165) is 18.8 Å². The topological polar surface area (TPSA) is 69.7 Å². The molecule has 0 saturated carbocycles. The van der Waals surface area contributed by atoms with Crippen molar-refractivity contribution in [2.75, 3.05) is 31.1 Å². The van der Waals surface area contributed by atoms with Crippen LogP contribution >= 0.6 is 0 Å². The van der Waals surface area contributed by atoms with Gasteiger partial charge in [-0.1, -0.05) is 13.8 Å². The standard InChI is InChI=1S/C19H27N3O3/c1-13(2)18(20-15(4)24)19(25)22-11-9-21(10-12-22)17-7-5-16(6-8-17)14(3)23/h5-8,13,18H,9-12H2,1-4H3,(H,20,24)/t18-/m0/s1. The summed E-state index contributed by atoms with van der Waals surface area (Å²) in [5.41, 5.74) is 1.76. The van der Waals surface area contributed by atoms with Crippen molar-refractivity contribution in [1.29, 1.82) is 0 Å². The number of nitrogens with one attached hydrogen (secondary N) is 1. The SMILES string of the molecule is CC(=O)N[C@H](C(=O)N1CCN(c2ccc(C(C)=O)cc2)CC1)C(C)C. The first-order valence-electron chi connectivity index (χ1n) is 8.71. The van der Waals surface area contributed by atoms with Gasteiger partial charge in [-0.25, -0.2) is 0 Å². The third kappa shape index (κ3) is 4.81. The fourth-order valence-corrected chi connectivity index (χ4v) is 3.02. The number of carbonyl (C=O) groups excluding carboxylic acids is 3. The summed E-state index contributed by atoms with van der Waals surface area (Å²) in [6, 6.07) is 7.09. The smallest absolute Gasteiger partial charge is 0.245 e. The maximum absolute atomic E-state index is 12.7. The third-order valence-corrected chi connectivity index (χ3v) is 4.52. The average molecular weight is 345 g/mol. The number of Topliss-reactive ketones (excluding diaryl/α,β-unsaturated/α-hetero) is 1. The number of ketones is 1. The Balaban J connectivity index is 1.97. The largest absolute Gasteiger partial charge is 0.368 e. The van der Waals surface area contributed by atoms with Crippen LogP contribution in [0.15, 0.2) is 24.3 Å². The second kappa shape index (κ2) is 8.14. The van der Waals surface area contributed by atoms with Gasteiger partial charge < -0.3 is 15.1 Å². The Bertz CT molecular complexity index is 632. The predicted octanol–water partition coefficient (Wildman–Crippen LogP) is 1.70. The van der Waals surface area contributed by atoms with Crippen molar-refractivity contribution in [2.45, 2.75) is 33.7 Å². The minimum Gasteiger partial charge on any atom is -0.368 e. The van der Waals surface area contributed by atoms with Crippen molar-refractivity contribution >= 4 is 23.3 Å². The summed E-state index contributed by atoms with van der Waals surface area (Å²) in [7, 11) is 0. The fourth-order valence-electron chi connectivity index (χ4n) is 3.02. The molecular formula is C19H27N3O3. The molecule has 136 valence electrons. The molecule has 0 bridgehead atoms. The van der Waals surface area contributed by atoms with Crippen molar-refractivity contribution in [3.63, 3.8) is 0 Å². The summed E-state index contributed by atoms with van der Waals surface area (Å²) in [4.78, 5) is 39.4. The fraction of sp³-hybridized carbons (Fsp3) is 0.526. The molecule has 1 aliphatic heterocycles. The Morgan fingerprint density at radius 3 is 1.96 bits per heavy atom. The Morgan fingerprint density at radius 1 is 0.960 bits per heavy atom. The van der Waals surface area contributed by atoms with E-state index in [1.165, 1.54) is 6.92 Å². The van der Waals surface area contributed by atoms with Gasteiger partial charge in [-0.05, 0) is 37.1 Å². The molecule has 0 aliphatic carbocycles. The second-order valence-corrected chi connectivity index (χ2v) is 6.84. The molecule has 1 aromatic carbocycles. The molecule has 1 fully saturated rings. The monoisotopic (exact) mass is 345 g/mol. The summed E-state index contributed by atoms with van der Waals surface area (Å²) >= 11 is 0. The zero-order valence-corrected chi connectivity index (χ0v) is 15.4. The highest BCUT2D eigenvalue weighted by Gasteiger charge is 2.30. The number of rotatable bonds is 5. The van der Waals surface area contributed by atoms with Crippen LogP contribution in [0.5, 0.6) is 0 Å². The van der Waals surface area contributed by atoms with Crippen LogP contribution < -0.4 is 10.2 Å². The number of benzene rings is 1. The van der Waals surface area contributed by atoms with E-state index in [1.807, 2.05) is 43.0 Å². The van der Waals surface area contributed by atoms with Crippen molar-refractivity contribution in [1.82, 2.24) is 10.2 Å². The summed E-state index contributed by atoms with van der Waals surface area (Å²) in [6.07, 6.45) is 0. The van der Waals surface area contributed by atoms with Crippen molar-refractivity contribution in [2.24, 2.45) is 5.92 Å². The van der Waals surface area contributed by atoms with E-state index in [4.69, 9.17) is 0 Å².